The SMILES string of the molecule is CCCC1=C(C(=O)OCC)C(c2ccc(OC)c(OC)c2)NC(=O)N1. The Balaban J connectivity index is 2.53. The van der Waals surface area contributed by atoms with E-state index in [-0.39, 0.29) is 12.6 Å². The predicted molar refractivity (Wildman–Crippen MR) is 92.5 cm³/mol. The molecule has 0 spiro atoms. The number of benzene rings is 1. The molecular formula is C18H24N2O5. The highest BCUT2D eigenvalue weighted by atomic mass is 16.5. The number of carbonyl (C=O) groups is 2. The predicted octanol–water partition coefficient (Wildman–Crippen LogP) is 2.67. The highest BCUT2D eigenvalue weighted by Crippen LogP contribution is 2.35. The van der Waals surface area contributed by atoms with Gasteiger partial charge in [0.05, 0.1) is 32.4 Å². The van der Waals surface area contributed by atoms with Crippen LogP contribution in [0.4, 0.5) is 4.79 Å². The molecule has 1 unspecified atom stereocenters. The van der Waals surface area contributed by atoms with E-state index in [2.05, 4.69) is 10.6 Å². The Labute approximate surface area is 147 Å². The van der Waals surface area contributed by atoms with Crippen LogP contribution in [-0.4, -0.2) is 32.8 Å². The second-order valence-electron chi connectivity index (χ2n) is 5.51. The maximum Gasteiger partial charge on any atom is 0.338 e. The average Bonchev–Trinajstić information content (AvgIpc) is 2.61. The number of hydrogen-bond acceptors (Lipinski definition) is 5. The van der Waals surface area contributed by atoms with Crippen molar-refractivity contribution in [3.63, 3.8) is 0 Å². The molecule has 1 aromatic rings. The fourth-order valence-electron chi connectivity index (χ4n) is 2.80. The largest absolute Gasteiger partial charge is 0.493 e. The number of methoxy groups -OCH3 is 2. The third-order valence-corrected chi connectivity index (χ3v) is 3.89. The molecule has 2 amide bonds. The monoisotopic (exact) mass is 348 g/mol. The van der Waals surface area contributed by atoms with Gasteiger partial charge in [-0.2, -0.15) is 0 Å². The van der Waals surface area contributed by atoms with E-state index >= 15 is 0 Å². The molecule has 1 aliphatic heterocycles. The van der Waals surface area contributed by atoms with Crippen molar-refractivity contribution in [2.45, 2.75) is 32.7 Å². The Hall–Kier alpha value is -2.70. The number of nitrogens with one attached hydrogen (secondary N) is 2. The van der Waals surface area contributed by atoms with Gasteiger partial charge in [0.1, 0.15) is 0 Å². The molecule has 0 saturated carbocycles. The third kappa shape index (κ3) is 4.04. The summed E-state index contributed by atoms with van der Waals surface area (Å²) in [4.78, 5) is 24.6. The van der Waals surface area contributed by atoms with Gasteiger partial charge in [0, 0.05) is 5.70 Å². The molecule has 0 fully saturated rings. The second-order valence-corrected chi connectivity index (χ2v) is 5.51. The highest BCUT2D eigenvalue weighted by Gasteiger charge is 2.33. The van der Waals surface area contributed by atoms with Crippen LogP contribution in [0.2, 0.25) is 0 Å². The van der Waals surface area contributed by atoms with Crippen molar-refractivity contribution in [3.8, 4) is 11.5 Å². The van der Waals surface area contributed by atoms with Gasteiger partial charge < -0.3 is 24.8 Å². The lowest BCUT2D eigenvalue weighted by atomic mass is 9.93. The van der Waals surface area contributed by atoms with Crippen molar-refractivity contribution < 1.29 is 23.8 Å². The van der Waals surface area contributed by atoms with E-state index in [4.69, 9.17) is 14.2 Å². The molecule has 136 valence electrons. The first-order valence-electron chi connectivity index (χ1n) is 8.25. The lowest BCUT2D eigenvalue weighted by molar-refractivity contribution is -0.139. The molecule has 0 aliphatic carbocycles. The zero-order valence-electron chi connectivity index (χ0n) is 15.0. The summed E-state index contributed by atoms with van der Waals surface area (Å²) in [5, 5.41) is 5.52. The van der Waals surface area contributed by atoms with Crippen LogP contribution in [0.3, 0.4) is 0 Å². The van der Waals surface area contributed by atoms with Crippen LogP contribution in [0.1, 0.15) is 38.3 Å². The molecule has 2 N–H and O–H groups in total. The van der Waals surface area contributed by atoms with Crippen LogP contribution in [0.5, 0.6) is 11.5 Å². The third-order valence-electron chi connectivity index (χ3n) is 3.89. The molecule has 2 rings (SSSR count). The standard InChI is InChI=1S/C18H24N2O5/c1-5-7-12-15(17(21)25-6-2)16(20-18(22)19-12)11-8-9-13(23-3)14(10-11)24-4/h8-10,16H,5-7H2,1-4H3,(H2,19,20,22). The summed E-state index contributed by atoms with van der Waals surface area (Å²) in [6.07, 6.45) is 1.36. The van der Waals surface area contributed by atoms with Crippen molar-refractivity contribution in [1.29, 1.82) is 0 Å². The van der Waals surface area contributed by atoms with E-state index < -0.39 is 12.0 Å². The summed E-state index contributed by atoms with van der Waals surface area (Å²) in [6.45, 7) is 3.99. The van der Waals surface area contributed by atoms with Crippen LogP contribution >= 0.6 is 0 Å². The number of rotatable bonds is 7. The Morgan fingerprint density at radius 1 is 1.16 bits per heavy atom. The molecule has 1 heterocycles. The van der Waals surface area contributed by atoms with Crippen molar-refractivity contribution in [2.75, 3.05) is 20.8 Å². The second kappa shape index (κ2) is 8.41. The van der Waals surface area contributed by atoms with Gasteiger partial charge in [0.2, 0.25) is 0 Å². The van der Waals surface area contributed by atoms with Gasteiger partial charge in [-0.05, 0) is 31.0 Å². The number of ether oxygens (including phenoxy) is 3. The van der Waals surface area contributed by atoms with Crippen molar-refractivity contribution in [3.05, 3.63) is 35.0 Å². The topological polar surface area (TPSA) is 85.9 Å². The van der Waals surface area contributed by atoms with E-state index in [0.717, 1.165) is 6.42 Å². The molecule has 1 atom stereocenters. The minimum Gasteiger partial charge on any atom is -0.493 e. The molecule has 7 heteroatoms. The number of urea groups is 1. The maximum absolute atomic E-state index is 12.5. The molecule has 25 heavy (non-hydrogen) atoms. The zero-order chi connectivity index (χ0) is 18.4. The van der Waals surface area contributed by atoms with Gasteiger partial charge >= 0.3 is 12.0 Å². The minimum atomic E-state index is -0.617. The van der Waals surface area contributed by atoms with Crippen LogP contribution in [0.15, 0.2) is 29.5 Å². The lowest BCUT2D eigenvalue weighted by Gasteiger charge is -2.29. The summed E-state index contributed by atoms with van der Waals surface area (Å²) in [6, 6.07) is 4.31. The van der Waals surface area contributed by atoms with Crippen LogP contribution in [0.25, 0.3) is 0 Å². The molecule has 1 aromatic carbocycles. The summed E-state index contributed by atoms with van der Waals surface area (Å²) in [5.74, 6) is 0.647. The van der Waals surface area contributed by atoms with Crippen molar-refractivity contribution >= 4 is 12.0 Å². The molecule has 0 radical (unpaired) electrons. The Kier molecular flexibility index (Phi) is 6.27. The first kappa shape index (κ1) is 18.6. The molecule has 7 nitrogen and oxygen atoms in total. The van der Waals surface area contributed by atoms with Crippen LogP contribution in [-0.2, 0) is 9.53 Å². The number of hydrogen-bond donors (Lipinski definition) is 2. The van der Waals surface area contributed by atoms with Crippen molar-refractivity contribution in [1.82, 2.24) is 10.6 Å². The summed E-state index contributed by atoms with van der Waals surface area (Å²) in [7, 11) is 3.08. The van der Waals surface area contributed by atoms with E-state index in [1.54, 1.807) is 32.2 Å². The van der Waals surface area contributed by atoms with E-state index in [9.17, 15) is 9.59 Å². The van der Waals surface area contributed by atoms with Gasteiger partial charge in [-0.15, -0.1) is 0 Å². The van der Waals surface area contributed by atoms with Crippen LogP contribution < -0.4 is 20.1 Å². The number of amides is 2. The minimum absolute atomic E-state index is 0.258. The van der Waals surface area contributed by atoms with Crippen LogP contribution in [0, 0.1) is 0 Å². The molecule has 0 saturated heterocycles. The van der Waals surface area contributed by atoms with Gasteiger partial charge in [-0.25, -0.2) is 9.59 Å². The lowest BCUT2D eigenvalue weighted by Crippen LogP contribution is -2.46. The number of carbonyl (C=O) groups excluding carboxylic acids is 2. The highest BCUT2D eigenvalue weighted by molar-refractivity contribution is 5.95. The zero-order valence-corrected chi connectivity index (χ0v) is 15.0. The summed E-state index contributed by atoms with van der Waals surface area (Å²) < 4.78 is 15.8. The summed E-state index contributed by atoms with van der Waals surface area (Å²) >= 11 is 0. The first-order chi connectivity index (χ1) is 12.0. The molecular weight excluding hydrogens is 324 g/mol. The average molecular weight is 348 g/mol. The van der Waals surface area contributed by atoms with Gasteiger partial charge in [-0.1, -0.05) is 19.4 Å². The first-order valence-corrected chi connectivity index (χ1v) is 8.25. The van der Waals surface area contributed by atoms with Gasteiger partial charge in [0.25, 0.3) is 0 Å². The van der Waals surface area contributed by atoms with Gasteiger partial charge in [0.15, 0.2) is 11.5 Å². The van der Waals surface area contributed by atoms with E-state index in [1.807, 2.05) is 6.92 Å². The fraction of sp³-hybridized carbons (Fsp3) is 0.444. The normalized spacial score (nSPS) is 16.8. The smallest absolute Gasteiger partial charge is 0.338 e. The number of allylic oxidation sites excluding steroid dienone is 1. The Morgan fingerprint density at radius 3 is 2.48 bits per heavy atom. The van der Waals surface area contributed by atoms with Crippen molar-refractivity contribution in [2.24, 2.45) is 0 Å². The molecule has 1 aliphatic rings. The fourth-order valence-corrected chi connectivity index (χ4v) is 2.80. The Morgan fingerprint density at radius 2 is 1.88 bits per heavy atom. The maximum atomic E-state index is 12.5. The van der Waals surface area contributed by atoms with E-state index in [1.165, 1.54) is 7.11 Å². The Bertz CT molecular complexity index is 684. The van der Waals surface area contributed by atoms with Gasteiger partial charge in [-0.3, -0.25) is 0 Å². The quantitative estimate of drug-likeness (QED) is 0.740. The number of esters is 1. The summed E-state index contributed by atoms with van der Waals surface area (Å²) in [5.41, 5.74) is 1.71. The van der Waals surface area contributed by atoms with E-state index in [0.29, 0.717) is 34.8 Å². The molecule has 0 aromatic heterocycles. The molecule has 0 bridgehead atoms.